The van der Waals surface area contributed by atoms with Gasteiger partial charge in [-0.2, -0.15) is 5.10 Å². The van der Waals surface area contributed by atoms with Crippen LogP contribution in [0.15, 0.2) is 47.8 Å². The number of nitrogens with zero attached hydrogens (tertiary/aromatic N) is 3. The summed E-state index contributed by atoms with van der Waals surface area (Å²) in [5, 5.41) is 17.7. The summed E-state index contributed by atoms with van der Waals surface area (Å²) in [5.41, 5.74) is 2.68. The van der Waals surface area contributed by atoms with E-state index in [1.54, 1.807) is 0 Å². The first-order chi connectivity index (χ1) is 12.8. The normalized spacial score (nSPS) is 14.0. The van der Waals surface area contributed by atoms with E-state index in [1.807, 2.05) is 48.3 Å². The molecule has 0 amide bonds. The van der Waals surface area contributed by atoms with Crippen molar-refractivity contribution in [3.8, 4) is 11.4 Å². The van der Waals surface area contributed by atoms with Crippen LogP contribution in [0.1, 0.15) is 24.8 Å². The van der Waals surface area contributed by atoms with Crippen LogP contribution in [-0.2, 0) is 0 Å². The van der Waals surface area contributed by atoms with Crippen LogP contribution in [-0.4, -0.2) is 32.1 Å². The summed E-state index contributed by atoms with van der Waals surface area (Å²) in [6.45, 7) is 0. The highest BCUT2D eigenvalue weighted by Crippen LogP contribution is 2.33. The van der Waals surface area contributed by atoms with Gasteiger partial charge < -0.3 is 10.7 Å². The van der Waals surface area contributed by atoms with Crippen LogP contribution in [0.5, 0.6) is 0 Å². The summed E-state index contributed by atoms with van der Waals surface area (Å²) in [6.07, 6.45) is 8.80. The molecule has 0 bridgehead atoms. The first-order valence-electron chi connectivity index (χ1n) is 8.68. The second kappa shape index (κ2) is 7.70. The van der Waals surface area contributed by atoms with E-state index < -0.39 is 0 Å². The fourth-order valence-electron chi connectivity index (χ4n) is 2.82. The number of pyridine rings is 1. The van der Waals surface area contributed by atoms with E-state index in [0.29, 0.717) is 5.82 Å². The summed E-state index contributed by atoms with van der Waals surface area (Å²) in [7, 11) is 0. The average molecular weight is 364 g/mol. The highest BCUT2D eigenvalue weighted by Gasteiger charge is 2.17. The molecule has 0 atom stereocenters. The first kappa shape index (κ1) is 16.8. The van der Waals surface area contributed by atoms with Crippen molar-refractivity contribution in [2.24, 2.45) is 5.92 Å². The Hall–Kier alpha value is -2.67. The summed E-state index contributed by atoms with van der Waals surface area (Å²) >= 11 is 1.84. The molecule has 1 aliphatic rings. The lowest BCUT2D eigenvalue weighted by atomic mass is 9.87. The molecule has 26 heavy (non-hydrogen) atoms. The molecular formula is C19H20N6S. The number of hydrogen-bond acceptors (Lipinski definition) is 6. The van der Waals surface area contributed by atoms with E-state index in [1.165, 1.54) is 31.8 Å². The van der Waals surface area contributed by atoms with Gasteiger partial charge in [0.2, 0.25) is 0 Å². The fourth-order valence-corrected chi connectivity index (χ4v) is 3.92. The minimum absolute atomic E-state index is 0.695. The van der Waals surface area contributed by atoms with Crippen LogP contribution in [0.3, 0.4) is 0 Å². The molecule has 3 N–H and O–H groups in total. The van der Waals surface area contributed by atoms with Crippen molar-refractivity contribution in [1.29, 1.82) is 5.41 Å². The molecule has 2 heterocycles. The lowest BCUT2D eigenvalue weighted by molar-refractivity contribution is 0.353. The molecule has 0 aliphatic heterocycles. The van der Waals surface area contributed by atoms with Crippen LogP contribution >= 0.6 is 11.8 Å². The average Bonchev–Trinajstić information content (AvgIpc) is 3.17. The smallest absolute Gasteiger partial charge is 0.155 e. The number of rotatable bonds is 7. The van der Waals surface area contributed by atoms with Crippen molar-refractivity contribution < 1.29 is 0 Å². The standard InChI is InChI=1S/C19H20N6S/c20-9-15-8-17(26-11-13-2-1-3-13)10-21-18(15)24-16-6-4-14(5-7-16)19-22-12-23-25-19/h4-10,12-13,20H,1-3,11H2,(H,21,24)(H,22,23,25). The van der Waals surface area contributed by atoms with Gasteiger partial charge in [-0.05, 0) is 49.1 Å². The van der Waals surface area contributed by atoms with Gasteiger partial charge in [-0.15, -0.1) is 11.8 Å². The Labute approximate surface area is 156 Å². The third kappa shape index (κ3) is 3.77. The van der Waals surface area contributed by atoms with Crippen LogP contribution < -0.4 is 5.32 Å². The summed E-state index contributed by atoms with van der Waals surface area (Å²) in [4.78, 5) is 9.80. The molecule has 0 spiro atoms. The monoisotopic (exact) mass is 364 g/mol. The fraction of sp³-hybridized carbons (Fsp3) is 0.263. The number of aromatic amines is 1. The van der Waals surface area contributed by atoms with E-state index in [2.05, 4.69) is 25.5 Å². The lowest BCUT2D eigenvalue weighted by Crippen LogP contribution is -2.13. The predicted molar refractivity (Wildman–Crippen MR) is 105 cm³/mol. The second-order valence-corrected chi connectivity index (χ2v) is 7.49. The third-order valence-electron chi connectivity index (χ3n) is 4.59. The number of H-pyrrole nitrogens is 1. The molecule has 4 rings (SSSR count). The highest BCUT2D eigenvalue weighted by atomic mass is 32.2. The number of aromatic nitrogens is 4. The Kier molecular flexibility index (Phi) is 4.97. The Bertz CT molecular complexity index is 872. The number of anilines is 2. The Morgan fingerprint density at radius 2 is 2.08 bits per heavy atom. The Morgan fingerprint density at radius 3 is 2.73 bits per heavy atom. The van der Waals surface area contributed by atoms with Crippen LogP contribution in [0, 0.1) is 11.3 Å². The van der Waals surface area contributed by atoms with Crippen LogP contribution in [0.25, 0.3) is 11.4 Å². The molecule has 3 aromatic rings. The molecule has 1 aliphatic carbocycles. The van der Waals surface area contributed by atoms with Gasteiger partial charge in [-0.1, -0.05) is 6.42 Å². The topological polar surface area (TPSA) is 90.3 Å². The minimum atomic E-state index is 0.695. The van der Waals surface area contributed by atoms with Gasteiger partial charge in [-0.3, -0.25) is 5.10 Å². The van der Waals surface area contributed by atoms with Crippen molar-refractivity contribution in [3.63, 3.8) is 0 Å². The van der Waals surface area contributed by atoms with Gasteiger partial charge in [0.15, 0.2) is 5.82 Å². The molecular weight excluding hydrogens is 344 g/mol. The van der Waals surface area contributed by atoms with Gasteiger partial charge in [0.1, 0.15) is 12.1 Å². The zero-order valence-corrected chi connectivity index (χ0v) is 15.1. The second-order valence-electron chi connectivity index (χ2n) is 6.40. The van der Waals surface area contributed by atoms with Crippen molar-refractivity contribution in [2.45, 2.75) is 24.2 Å². The quantitative estimate of drug-likeness (QED) is 0.424. The number of benzene rings is 1. The van der Waals surface area contributed by atoms with E-state index in [9.17, 15) is 0 Å². The van der Waals surface area contributed by atoms with Crippen molar-refractivity contribution in [2.75, 3.05) is 11.1 Å². The van der Waals surface area contributed by atoms with Crippen molar-refractivity contribution >= 4 is 29.5 Å². The van der Waals surface area contributed by atoms with Crippen LogP contribution in [0.2, 0.25) is 0 Å². The van der Waals surface area contributed by atoms with Gasteiger partial charge in [0.05, 0.1) is 0 Å². The number of nitrogens with one attached hydrogen (secondary N) is 3. The maximum absolute atomic E-state index is 7.71. The van der Waals surface area contributed by atoms with Gasteiger partial charge in [0, 0.05) is 39.9 Å². The molecule has 1 fully saturated rings. The van der Waals surface area contributed by atoms with E-state index in [4.69, 9.17) is 5.41 Å². The van der Waals surface area contributed by atoms with Gasteiger partial charge in [0.25, 0.3) is 0 Å². The zero-order valence-electron chi connectivity index (χ0n) is 14.3. The molecule has 0 unspecified atom stereocenters. The van der Waals surface area contributed by atoms with Crippen LogP contribution in [0.4, 0.5) is 11.5 Å². The molecule has 0 saturated heterocycles. The maximum atomic E-state index is 7.71. The largest absolute Gasteiger partial charge is 0.340 e. The third-order valence-corrected chi connectivity index (χ3v) is 5.79. The van der Waals surface area contributed by atoms with Gasteiger partial charge in [-0.25, -0.2) is 9.97 Å². The summed E-state index contributed by atoms with van der Waals surface area (Å²) < 4.78 is 0. The highest BCUT2D eigenvalue weighted by molar-refractivity contribution is 7.99. The molecule has 6 nitrogen and oxygen atoms in total. The molecule has 7 heteroatoms. The summed E-state index contributed by atoms with van der Waals surface area (Å²) in [5.74, 6) is 3.43. The summed E-state index contributed by atoms with van der Waals surface area (Å²) in [6, 6.07) is 9.90. The molecule has 2 aromatic heterocycles. The molecule has 1 aromatic carbocycles. The van der Waals surface area contributed by atoms with E-state index >= 15 is 0 Å². The number of hydrogen-bond donors (Lipinski definition) is 3. The maximum Gasteiger partial charge on any atom is 0.155 e. The van der Waals surface area contributed by atoms with Crippen molar-refractivity contribution in [3.05, 3.63) is 48.4 Å². The van der Waals surface area contributed by atoms with E-state index in [-0.39, 0.29) is 0 Å². The SMILES string of the molecule is N=Cc1cc(SCC2CCC2)cnc1Nc1ccc(-c2ncn[nH]2)cc1. The zero-order chi connectivity index (χ0) is 17.8. The molecule has 132 valence electrons. The number of thioether (sulfide) groups is 1. The Morgan fingerprint density at radius 1 is 1.23 bits per heavy atom. The molecule has 1 saturated carbocycles. The first-order valence-corrected chi connectivity index (χ1v) is 9.66. The van der Waals surface area contributed by atoms with Crippen molar-refractivity contribution in [1.82, 2.24) is 20.2 Å². The van der Waals surface area contributed by atoms with E-state index in [0.717, 1.165) is 39.2 Å². The Balaban J connectivity index is 1.45. The lowest BCUT2D eigenvalue weighted by Gasteiger charge is -2.24. The van der Waals surface area contributed by atoms with Gasteiger partial charge >= 0.3 is 0 Å². The predicted octanol–water partition coefficient (Wildman–Crippen LogP) is 4.50. The molecule has 0 radical (unpaired) electrons. The minimum Gasteiger partial charge on any atom is -0.340 e.